The molecule has 0 amide bonds. The molecule has 0 bridgehead atoms. The molecule has 0 aliphatic rings. The number of nitrogens with zero attached hydrogens (tertiary/aromatic N) is 1. The van der Waals surface area contributed by atoms with E-state index in [0.29, 0.717) is 11.6 Å². The topological polar surface area (TPSA) is 49.8 Å². The quantitative estimate of drug-likeness (QED) is 0.808. The first kappa shape index (κ1) is 10.3. The third kappa shape index (κ3) is 1.66. The molecule has 0 atom stereocenters. The molecule has 80 valence electrons. The van der Waals surface area contributed by atoms with Gasteiger partial charge in [-0.3, -0.25) is 4.57 Å². The number of H-pyrrole nitrogens is 1. The summed E-state index contributed by atoms with van der Waals surface area (Å²) in [5.41, 5.74) is 2.51. The molecule has 1 aromatic heterocycles. The van der Waals surface area contributed by atoms with Crippen molar-refractivity contribution >= 4 is 22.6 Å². The van der Waals surface area contributed by atoms with Gasteiger partial charge in [0, 0.05) is 18.6 Å². The summed E-state index contributed by atoms with van der Waals surface area (Å²) in [6.45, 7) is 0.689. The Bertz CT molecular complexity index is 556. The van der Waals surface area contributed by atoms with Gasteiger partial charge in [0.1, 0.15) is 0 Å². The maximum Gasteiger partial charge on any atom is 0.326 e. The van der Waals surface area contributed by atoms with E-state index in [9.17, 15) is 4.79 Å². The number of rotatable bonds is 2. The van der Waals surface area contributed by atoms with E-state index in [1.165, 1.54) is 0 Å². The minimum Gasteiger partial charge on any atom is -0.316 e. The molecule has 0 unspecified atom stereocenters. The molecule has 0 saturated heterocycles. The fraction of sp³-hybridized carbons (Fsp3) is 0.300. The number of aromatic nitrogens is 2. The van der Waals surface area contributed by atoms with Gasteiger partial charge in [0.2, 0.25) is 0 Å². The van der Waals surface area contributed by atoms with Crippen LogP contribution in [0.1, 0.15) is 5.56 Å². The van der Waals surface area contributed by atoms with Crippen molar-refractivity contribution in [1.82, 2.24) is 14.9 Å². The average Bonchev–Trinajstić information content (AvgIpc) is 2.45. The van der Waals surface area contributed by atoms with E-state index >= 15 is 0 Å². The Labute approximate surface area is 91.9 Å². The van der Waals surface area contributed by atoms with E-state index in [2.05, 4.69) is 10.3 Å². The molecule has 1 heterocycles. The first-order valence-electron chi connectivity index (χ1n) is 4.65. The van der Waals surface area contributed by atoms with Gasteiger partial charge in [0.05, 0.1) is 11.0 Å². The minimum absolute atomic E-state index is 0.123. The summed E-state index contributed by atoms with van der Waals surface area (Å²) in [6.07, 6.45) is 0. The van der Waals surface area contributed by atoms with Crippen LogP contribution in [0.15, 0.2) is 16.9 Å². The molecule has 2 aromatic rings. The van der Waals surface area contributed by atoms with Crippen molar-refractivity contribution in [2.24, 2.45) is 7.05 Å². The fourth-order valence-corrected chi connectivity index (χ4v) is 1.85. The van der Waals surface area contributed by atoms with Gasteiger partial charge in [0.25, 0.3) is 0 Å². The second-order valence-electron chi connectivity index (χ2n) is 3.48. The summed E-state index contributed by atoms with van der Waals surface area (Å²) in [7, 11) is 3.59. The number of nitrogens with one attached hydrogen (secondary N) is 2. The molecule has 0 spiro atoms. The molecule has 2 rings (SSSR count). The highest BCUT2D eigenvalue weighted by Crippen LogP contribution is 2.21. The molecule has 0 radical (unpaired) electrons. The van der Waals surface area contributed by atoms with Crippen LogP contribution in [0.4, 0.5) is 0 Å². The van der Waals surface area contributed by atoms with Crippen molar-refractivity contribution in [1.29, 1.82) is 0 Å². The molecular weight excluding hydrogens is 214 g/mol. The van der Waals surface area contributed by atoms with Gasteiger partial charge in [-0.1, -0.05) is 11.6 Å². The van der Waals surface area contributed by atoms with Gasteiger partial charge in [-0.05, 0) is 24.7 Å². The Morgan fingerprint density at radius 1 is 1.53 bits per heavy atom. The predicted octanol–water partition coefficient (Wildman–Crippen LogP) is 1.24. The SMILES string of the molecule is CNCc1cc2c(cc1Cl)[nH]c(=O)n2C. The van der Waals surface area contributed by atoms with Crippen LogP contribution in [0.5, 0.6) is 0 Å². The molecule has 15 heavy (non-hydrogen) atoms. The van der Waals surface area contributed by atoms with E-state index < -0.39 is 0 Å². The maximum absolute atomic E-state index is 11.4. The van der Waals surface area contributed by atoms with Crippen LogP contribution in [0.3, 0.4) is 0 Å². The summed E-state index contributed by atoms with van der Waals surface area (Å²) in [6, 6.07) is 3.71. The van der Waals surface area contributed by atoms with E-state index in [-0.39, 0.29) is 5.69 Å². The van der Waals surface area contributed by atoms with Crippen molar-refractivity contribution in [2.45, 2.75) is 6.54 Å². The van der Waals surface area contributed by atoms with Gasteiger partial charge >= 0.3 is 5.69 Å². The van der Waals surface area contributed by atoms with Crippen LogP contribution in [0.2, 0.25) is 5.02 Å². The summed E-state index contributed by atoms with van der Waals surface area (Å²) >= 11 is 6.07. The van der Waals surface area contributed by atoms with Gasteiger partial charge in [-0.25, -0.2) is 4.79 Å². The molecule has 1 aromatic carbocycles. The lowest BCUT2D eigenvalue weighted by atomic mass is 10.2. The van der Waals surface area contributed by atoms with Crippen molar-refractivity contribution < 1.29 is 0 Å². The zero-order chi connectivity index (χ0) is 11.0. The Morgan fingerprint density at radius 3 is 2.93 bits per heavy atom. The van der Waals surface area contributed by atoms with Crippen molar-refractivity contribution in [3.63, 3.8) is 0 Å². The van der Waals surface area contributed by atoms with Gasteiger partial charge in [-0.2, -0.15) is 0 Å². The Kier molecular flexibility index (Phi) is 2.54. The van der Waals surface area contributed by atoms with Crippen molar-refractivity contribution in [2.75, 3.05) is 7.05 Å². The van der Waals surface area contributed by atoms with Crippen LogP contribution in [0.25, 0.3) is 11.0 Å². The summed E-state index contributed by atoms with van der Waals surface area (Å²) < 4.78 is 1.57. The van der Waals surface area contributed by atoms with E-state index in [0.717, 1.165) is 16.6 Å². The number of aromatic amines is 1. The lowest BCUT2D eigenvalue weighted by Crippen LogP contribution is -2.12. The largest absolute Gasteiger partial charge is 0.326 e. The number of halogens is 1. The van der Waals surface area contributed by atoms with Crippen LogP contribution < -0.4 is 11.0 Å². The van der Waals surface area contributed by atoms with Gasteiger partial charge < -0.3 is 10.3 Å². The second-order valence-corrected chi connectivity index (χ2v) is 3.89. The maximum atomic E-state index is 11.4. The molecule has 4 nitrogen and oxygen atoms in total. The van der Waals surface area contributed by atoms with E-state index in [1.807, 2.05) is 13.1 Å². The monoisotopic (exact) mass is 225 g/mol. The van der Waals surface area contributed by atoms with Crippen LogP contribution in [0, 0.1) is 0 Å². The normalized spacial score (nSPS) is 11.1. The molecule has 0 fully saturated rings. The molecular formula is C10H12ClN3O. The Morgan fingerprint density at radius 2 is 2.27 bits per heavy atom. The third-order valence-electron chi connectivity index (χ3n) is 2.44. The van der Waals surface area contributed by atoms with Crippen molar-refractivity contribution in [3.8, 4) is 0 Å². The van der Waals surface area contributed by atoms with E-state index in [1.54, 1.807) is 17.7 Å². The highest BCUT2D eigenvalue weighted by molar-refractivity contribution is 6.32. The molecule has 0 aliphatic carbocycles. The molecule has 5 heteroatoms. The lowest BCUT2D eigenvalue weighted by molar-refractivity contribution is 0.817. The third-order valence-corrected chi connectivity index (χ3v) is 2.79. The number of benzene rings is 1. The summed E-state index contributed by atoms with van der Waals surface area (Å²) in [5.74, 6) is 0. The highest BCUT2D eigenvalue weighted by Gasteiger charge is 2.07. The number of imidazole rings is 1. The Balaban J connectivity index is 2.71. The number of fused-ring (bicyclic) bond motifs is 1. The van der Waals surface area contributed by atoms with Gasteiger partial charge in [-0.15, -0.1) is 0 Å². The molecule has 0 aliphatic heterocycles. The minimum atomic E-state index is -0.123. The average molecular weight is 226 g/mol. The van der Waals surface area contributed by atoms with E-state index in [4.69, 9.17) is 11.6 Å². The number of hydrogen-bond donors (Lipinski definition) is 2. The first-order valence-corrected chi connectivity index (χ1v) is 5.03. The van der Waals surface area contributed by atoms with Crippen LogP contribution in [-0.4, -0.2) is 16.6 Å². The smallest absolute Gasteiger partial charge is 0.316 e. The summed E-state index contributed by atoms with van der Waals surface area (Å²) in [5, 5.41) is 3.70. The predicted molar refractivity (Wildman–Crippen MR) is 61.3 cm³/mol. The second kappa shape index (κ2) is 3.72. The first-order chi connectivity index (χ1) is 7.13. The summed E-state index contributed by atoms with van der Waals surface area (Å²) in [4.78, 5) is 14.1. The van der Waals surface area contributed by atoms with Crippen LogP contribution in [-0.2, 0) is 13.6 Å². The highest BCUT2D eigenvalue weighted by atomic mass is 35.5. The number of hydrogen-bond acceptors (Lipinski definition) is 2. The fourth-order valence-electron chi connectivity index (χ4n) is 1.62. The zero-order valence-corrected chi connectivity index (χ0v) is 9.35. The Hall–Kier alpha value is -1.26. The van der Waals surface area contributed by atoms with Crippen LogP contribution >= 0.6 is 11.6 Å². The number of aryl methyl sites for hydroxylation is 1. The lowest BCUT2D eigenvalue weighted by Gasteiger charge is -2.04. The molecule has 0 saturated carbocycles. The zero-order valence-electron chi connectivity index (χ0n) is 8.60. The van der Waals surface area contributed by atoms with Gasteiger partial charge in [0.15, 0.2) is 0 Å². The molecule has 2 N–H and O–H groups in total. The van der Waals surface area contributed by atoms with Crippen molar-refractivity contribution in [3.05, 3.63) is 33.2 Å². The standard InChI is InChI=1S/C10H12ClN3O/c1-12-5-6-3-9-8(4-7(6)11)13-10(15)14(9)2/h3-4,12H,5H2,1-2H3,(H,13,15).